The van der Waals surface area contributed by atoms with Gasteiger partial charge in [0, 0.05) is 13.1 Å². The molecular weight excluding hydrogens is 166 g/mol. The van der Waals surface area contributed by atoms with Crippen molar-refractivity contribution in [2.75, 3.05) is 19.6 Å². The summed E-state index contributed by atoms with van der Waals surface area (Å²) in [6.45, 7) is 8.44. The zero-order chi connectivity index (χ0) is 10.1. The number of morpholine rings is 1. The van der Waals surface area contributed by atoms with Crippen molar-refractivity contribution in [3.8, 4) is 0 Å². The van der Waals surface area contributed by atoms with E-state index in [4.69, 9.17) is 15.9 Å². The monoisotopic (exact) mass is 185 g/mol. The molecule has 0 aromatic heterocycles. The summed E-state index contributed by atoms with van der Waals surface area (Å²) in [6, 6.07) is 0. The summed E-state index contributed by atoms with van der Waals surface area (Å²) in [4.78, 5) is 2.16. The third-order valence-corrected chi connectivity index (χ3v) is 2.03. The van der Waals surface area contributed by atoms with Gasteiger partial charge in [-0.05, 0) is 20.8 Å². The molecule has 0 bridgehead atoms. The number of nitrogens with one attached hydrogen (secondary N) is 1. The lowest BCUT2D eigenvalue weighted by atomic mass is 10.1. The van der Waals surface area contributed by atoms with Gasteiger partial charge in [-0.1, -0.05) is 0 Å². The molecule has 0 aliphatic carbocycles. The molecule has 0 amide bonds. The van der Waals surface area contributed by atoms with Gasteiger partial charge >= 0.3 is 0 Å². The highest BCUT2D eigenvalue weighted by Gasteiger charge is 2.31. The van der Waals surface area contributed by atoms with Crippen molar-refractivity contribution in [1.29, 1.82) is 5.41 Å². The molecule has 1 unspecified atom stereocenters. The van der Waals surface area contributed by atoms with Crippen LogP contribution in [0.1, 0.15) is 20.8 Å². The van der Waals surface area contributed by atoms with Crippen LogP contribution in [-0.2, 0) is 4.74 Å². The molecule has 1 aliphatic rings. The number of ether oxygens (including phenoxy) is 1. The zero-order valence-electron chi connectivity index (χ0n) is 8.63. The Morgan fingerprint density at radius 1 is 1.69 bits per heavy atom. The van der Waals surface area contributed by atoms with Crippen LogP contribution in [0.5, 0.6) is 0 Å². The minimum Gasteiger partial charge on any atom is -0.387 e. The molecule has 0 aromatic carbocycles. The standard InChI is InChI=1S/C9H19N3O/c1-7-4-12(5-8(10)11)6-9(2,3)13-7/h7H,4-6H2,1-3H3,(H3,10,11). The number of hydrogen-bond acceptors (Lipinski definition) is 3. The minimum absolute atomic E-state index is 0.118. The highest BCUT2D eigenvalue weighted by Crippen LogP contribution is 2.20. The van der Waals surface area contributed by atoms with Gasteiger partial charge in [0.05, 0.1) is 18.2 Å². The van der Waals surface area contributed by atoms with Crippen LogP contribution < -0.4 is 5.73 Å². The van der Waals surface area contributed by atoms with Gasteiger partial charge in [0.2, 0.25) is 0 Å². The van der Waals surface area contributed by atoms with Gasteiger partial charge in [0.1, 0.15) is 5.84 Å². The Kier molecular flexibility index (Phi) is 2.93. The van der Waals surface area contributed by atoms with Crippen molar-refractivity contribution < 1.29 is 4.74 Å². The summed E-state index contributed by atoms with van der Waals surface area (Å²) in [6.07, 6.45) is 0.225. The van der Waals surface area contributed by atoms with Gasteiger partial charge in [0.15, 0.2) is 0 Å². The van der Waals surface area contributed by atoms with Crippen LogP contribution >= 0.6 is 0 Å². The molecule has 1 heterocycles. The van der Waals surface area contributed by atoms with E-state index in [0.29, 0.717) is 6.54 Å². The molecule has 1 rings (SSSR count). The van der Waals surface area contributed by atoms with Gasteiger partial charge in [-0.3, -0.25) is 10.3 Å². The average Bonchev–Trinajstić information content (AvgIpc) is 1.78. The molecule has 13 heavy (non-hydrogen) atoms. The molecule has 0 spiro atoms. The van der Waals surface area contributed by atoms with Gasteiger partial charge in [-0.15, -0.1) is 0 Å². The predicted octanol–water partition coefficient (Wildman–Crippen LogP) is 0.422. The number of nitrogens with two attached hydrogens (primary N) is 1. The average molecular weight is 185 g/mol. The van der Waals surface area contributed by atoms with Crippen molar-refractivity contribution in [3.63, 3.8) is 0 Å². The first-order valence-corrected chi connectivity index (χ1v) is 4.62. The van der Waals surface area contributed by atoms with Crippen molar-refractivity contribution in [3.05, 3.63) is 0 Å². The molecule has 1 aliphatic heterocycles. The topological polar surface area (TPSA) is 62.3 Å². The van der Waals surface area contributed by atoms with E-state index >= 15 is 0 Å². The van der Waals surface area contributed by atoms with Crippen LogP contribution in [-0.4, -0.2) is 42.1 Å². The van der Waals surface area contributed by atoms with E-state index in [1.54, 1.807) is 0 Å². The molecule has 1 saturated heterocycles. The first kappa shape index (κ1) is 10.5. The molecule has 3 N–H and O–H groups in total. The maximum atomic E-state index is 7.22. The fourth-order valence-electron chi connectivity index (χ4n) is 1.95. The lowest BCUT2D eigenvalue weighted by Crippen LogP contribution is -2.53. The Morgan fingerprint density at radius 2 is 2.31 bits per heavy atom. The van der Waals surface area contributed by atoms with Gasteiger partial charge in [-0.2, -0.15) is 0 Å². The fraction of sp³-hybridized carbons (Fsp3) is 0.889. The van der Waals surface area contributed by atoms with Crippen LogP contribution in [0.25, 0.3) is 0 Å². The maximum Gasteiger partial charge on any atom is 0.105 e. The van der Waals surface area contributed by atoms with Crippen LogP contribution in [0, 0.1) is 5.41 Å². The summed E-state index contributed by atoms with van der Waals surface area (Å²) < 4.78 is 5.73. The lowest BCUT2D eigenvalue weighted by molar-refractivity contribution is -0.125. The second-order valence-corrected chi connectivity index (χ2v) is 4.38. The van der Waals surface area contributed by atoms with Crippen molar-refractivity contribution in [2.45, 2.75) is 32.5 Å². The summed E-state index contributed by atoms with van der Waals surface area (Å²) in [5.74, 6) is 0.227. The zero-order valence-corrected chi connectivity index (χ0v) is 8.63. The van der Waals surface area contributed by atoms with Gasteiger partial charge in [-0.25, -0.2) is 0 Å². The van der Waals surface area contributed by atoms with E-state index in [1.807, 2.05) is 6.92 Å². The van der Waals surface area contributed by atoms with Gasteiger partial charge < -0.3 is 10.5 Å². The number of rotatable bonds is 2. The molecule has 1 fully saturated rings. The summed E-state index contributed by atoms with van der Waals surface area (Å²) in [5.41, 5.74) is 5.24. The highest BCUT2D eigenvalue weighted by atomic mass is 16.5. The maximum absolute atomic E-state index is 7.22. The summed E-state index contributed by atoms with van der Waals surface area (Å²) >= 11 is 0. The normalized spacial score (nSPS) is 28.7. The van der Waals surface area contributed by atoms with Crippen molar-refractivity contribution in [2.24, 2.45) is 5.73 Å². The number of amidine groups is 1. The first-order chi connectivity index (χ1) is 5.89. The van der Waals surface area contributed by atoms with Crippen LogP contribution in [0.15, 0.2) is 0 Å². The second-order valence-electron chi connectivity index (χ2n) is 4.38. The predicted molar refractivity (Wildman–Crippen MR) is 53.0 cm³/mol. The highest BCUT2D eigenvalue weighted by molar-refractivity contribution is 5.78. The second kappa shape index (κ2) is 3.64. The molecular formula is C9H19N3O. The largest absolute Gasteiger partial charge is 0.387 e. The SMILES string of the molecule is CC1CN(CC(=N)N)CC(C)(C)O1. The molecule has 0 radical (unpaired) electrons. The van der Waals surface area contributed by atoms with E-state index < -0.39 is 0 Å². The third-order valence-electron chi connectivity index (χ3n) is 2.03. The Labute approximate surface area is 79.6 Å². The Morgan fingerprint density at radius 3 is 2.77 bits per heavy atom. The number of nitrogens with zero attached hydrogens (tertiary/aromatic N) is 1. The Bertz CT molecular complexity index is 203. The van der Waals surface area contributed by atoms with E-state index in [-0.39, 0.29) is 17.5 Å². The smallest absolute Gasteiger partial charge is 0.105 e. The van der Waals surface area contributed by atoms with Crippen molar-refractivity contribution >= 4 is 5.84 Å². The van der Waals surface area contributed by atoms with Crippen molar-refractivity contribution in [1.82, 2.24) is 4.90 Å². The van der Waals surface area contributed by atoms with Gasteiger partial charge in [0.25, 0.3) is 0 Å². The van der Waals surface area contributed by atoms with E-state index in [1.165, 1.54) is 0 Å². The summed E-state index contributed by atoms with van der Waals surface area (Å²) in [5, 5.41) is 7.22. The lowest BCUT2D eigenvalue weighted by Gasteiger charge is -2.41. The van der Waals surface area contributed by atoms with E-state index in [2.05, 4.69) is 18.7 Å². The molecule has 1 atom stereocenters. The fourth-order valence-corrected chi connectivity index (χ4v) is 1.95. The number of hydrogen-bond donors (Lipinski definition) is 2. The summed E-state index contributed by atoms with van der Waals surface area (Å²) in [7, 11) is 0. The van der Waals surface area contributed by atoms with E-state index in [9.17, 15) is 0 Å². The molecule has 0 saturated carbocycles. The minimum atomic E-state index is -0.118. The Balaban J connectivity index is 2.52. The first-order valence-electron chi connectivity index (χ1n) is 4.62. The molecule has 4 nitrogen and oxygen atoms in total. The molecule has 0 aromatic rings. The van der Waals surface area contributed by atoms with Crippen LogP contribution in [0.2, 0.25) is 0 Å². The molecule has 76 valence electrons. The van der Waals surface area contributed by atoms with Crippen LogP contribution in [0.3, 0.4) is 0 Å². The van der Waals surface area contributed by atoms with Crippen LogP contribution in [0.4, 0.5) is 0 Å². The quantitative estimate of drug-likeness (QED) is 0.484. The third kappa shape index (κ3) is 3.32. The molecule has 4 heteroatoms. The van der Waals surface area contributed by atoms with E-state index in [0.717, 1.165) is 13.1 Å². The Hall–Kier alpha value is -0.610.